The minimum absolute atomic E-state index is 0.248. The van der Waals surface area contributed by atoms with Crippen molar-refractivity contribution in [3.8, 4) is 0 Å². The van der Waals surface area contributed by atoms with Gasteiger partial charge in [-0.25, -0.2) is 8.42 Å². The molecule has 2 aromatic carbocycles. The van der Waals surface area contributed by atoms with Crippen molar-refractivity contribution >= 4 is 27.3 Å². The summed E-state index contributed by atoms with van der Waals surface area (Å²) in [7, 11) is -3.62. The normalized spacial score (nSPS) is 27.6. The molecule has 1 N–H and O–H groups in total. The molecule has 0 spiro atoms. The third kappa shape index (κ3) is 4.37. The van der Waals surface area contributed by atoms with E-state index in [1.807, 2.05) is 45.0 Å². The van der Waals surface area contributed by atoms with Crippen LogP contribution in [0.25, 0.3) is 0 Å². The van der Waals surface area contributed by atoms with Gasteiger partial charge in [0.15, 0.2) is 0 Å². The molecule has 1 amide bonds. The van der Waals surface area contributed by atoms with Gasteiger partial charge in [-0.05, 0) is 111 Å². The predicted octanol–water partition coefficient (Wildman–Crippen LogP) is 5.48. The van der Waals surface area contributed by atoms with Gasteiger partial charge >= 0.3 is 0 Å². The number of carbonyl (C=O) groups is 1. The number of aryl methyl sites for hydroxylation is 3. The summed E-state index contributed by atoms with van der Waals surface area (Å²) in [6.07, 6.45) is 9.16. The molecule has 6 heteroatoms. The summed E-state index contributed by atoms with van der Waals surface area (Å²) in [6.45, 7) is 5.67. The van der Waals surface area contributed by atoms with Gasteiger partial charge in [0.05, 0.1) is 11.9 Å². The van der Waals surface area contributed by atoms with E-state index < -0.39 is 10.0 Å². The Bertz CT molecular complexity index is 1160. The highest BCUT2D eigenvalue weighted by Gasteiger charge is 2.51. The maximum absolute atomic E-state index is 12.9. The summed E-state index contributed by atoms with van der Waals surface area (Å²) in [5.74, 6) is 2.23. The van der Waals surface area contributed by atoms with E-state index in [2.05, 4.69) is 17.4 Å². The second kappa shape index (κ2) is 8.40. The van der Waals surface area contributed by atoms with Crippen LogP contribution < -0.4 is 9.62 Å². The molecule has 4 bridgehead atoms. The SMILES string of the molecule is Cc1cc(C)c(NC(=O)CN(c2ccc(C34CC5CC(CC(C5)C3)C4)cc2)S(C)(=O)=O)c(C)c1. The van der Waals surface area contributed by atoms with Crippen molar-refractivity contribution in [3.05, 3.63) is 58.7 Å². The zero-order chi connectivity index (χ0) is 24.3. The van der Waals surface area contributed by atoms with E-state index in [9.17, 15) is 13.2 Å². The number of benzene rings is 2. The smallest absolute Gasteiger partial charge is 0.245 e. The summed E-state index contributed by atoms with van der Waals surface area (Å²) in [4.78, 5) is 12.9. The fourth-order valence-corrected chi connectivity index (χ4v) is 8.39. The molecular formula is C28H36N2O3S. The van der Waals surface area contributed by atoms with E-state index >= 15 is 0 Å². The Hall–Kier alpha value is -2.34. The molecule has 4 aliphatic rings. The maximum Gasteiger partial charge on any atom is 0.245 e. The van der Waals surface area contributed by atoms with Crippen LogP contribution in [0.5, 0.6) is 0 Å². The minimum atomic E-state index is -3.62. The molecule has 5 nitrogen and oxygen atoms in total. The van der Waals surface area contributed by atoms with Crippen molar-refractivity contribution in [2.75, 3.05) is 22.4 Å². The van der Waals surface area contributed by atoms with E-state index in [0.29, 0.717) is 5.69 Å². The molecule has 0 aliphatic heterocycles. The molecule has 34 heavy (non-hydrogen) atoms. The molecule has 4 saturated carbocycles. The number of anilines is 2. The standard InChI is InChI=1S/C28H36N2O3S/c1-18-9-19(2)27(20(3)10-18)29-26(31)17-30(34(4,32)33)25-7-5-24(6-8-25)28-14-21-11-22(15-28)13-23(12-21)16-28/h5-10,21-23H,11-17H2,1-4H3,(H,29,31). The van der Waals surface area contributed by atoms with Crippen LogP contribution in [0.4, 0.5) is 11.4 Å². The number of nitrogens with zero attached hydrogens (tertiary/aromatic N) is 1. The van der Waals surface area contributed by atoms with Crippen LogP contribution in [0.2, 0.25) is 0 Å². The number of rotatable bonds is 6. The first-order valence-corrected chi connectivity index (χ1v) is 14.3. The van der Waals surface area contributed by atoms with E-state index in [-0.39, 0.29) is 17.9 Å². The molecule has 6 rings (SSSR count). The van der Waals surface area contributed by atoms with Crippen LogP contribution in [0.15, 0.2) is 36.4 Å². The Labute approximate surface area is 204 Å². The lowest BCUT2D eigenvalue weighted by molar-refractivity contribution is -0.114. The van der Waals surface area contributed by atoms with Crippen molar-refractivity contribution in [2.45, 2.75) is 64.7 Å². The summed E-state index contributed by atoms with van der Waals surface area (Å²) in [5, 5.41) is 2.93. The molecule has 0 atom stereocenters. The lowest BCUT2D eigenvalue weighted by Gasteiger charge is -2.57. The maximum atomic E-state index is 12.9. The zero-order valence-corrected chi connectivity index (χ0v) is 21.5. The quantitative estimate of drug-likeness (QED) is 0.595. The van der Waals surface area contributed by atoms with Crippen LogP contribution in [-0.2, 0) is 20.2 Å². The zero-order valence-electron chi connectivity index (χ0n) is 20.7. The molecule has 0 aromatic heterocycles. The molecule has 0 saturated heterocycles. The first-order chi connectivity index (χ1) is 16.0. The highest BCUT2D eigenvalue weighted by Crippen LogP contribution is 2.60. The minimum Gasteiger partial charge on any atom is -0.324 e. The second-order valence-corrected chi connectivity index (χ2v) is 13.2. The van der Waals surface area contributed by atoms with Crippen molar-refractivity contribution in [1.82, 2.24) is 0 Å². The van der Waals surface area contributed by atoms with Crippen molar-refractivity contribution in [2.24, 2.45) is 17.8 Å². The van der Waals surface area contributed by atoms with Gasteiger partial charge in [-0.3, -0.25) is 9.10 Å². The molecule has 0 heterocycles. The van der Waals surface area contributed by atoms with Crippen LogP contribution in [0.3, 0.4) is 0 Å². The average molecular weight is 481 g/mol. The van der Waals surface area contributed by atoms with Crippen LogP contribution in [0, 0.1) is 38.5 Å². The van der Waals surface area contributed by atoms with E-state index in [1.54, 1.807) is 0 Å². The van der Waals surface area contributed by atoms with Gasteiger partial charge in [-0.15, -0.1) is 0 Å². The summed E-state index contributed by atoms with van der Waals surface area (Å²) >= 11 is 0. The van der Waals surface area contributed by atoms with Gasteiger partial charge in [-0.2, -0.15) is 0 Å². The first-order valence-electron chi connectivity index (χ1n) is 12.5. The fourth-order valence-electron chi connectivity index (χ4n) is 7.53. The Balaban J connectivity index is 1.36. The summed E-state index contributed by atoms with van der Waals surface area (Å²) < 4.78 is 26.5. The largest absolute Gasteiger partial charge is 0.324 e. The molecule has 4 aliphatic carbocycles. The average Bonchev–Trinajstić information content (AvgIpc) is 2.73. The number of carbonyl (C=O) groups excluding carboxylic acids is 1. The molecule has 182 valence electrons. The van der Waals surface area contributed by atoms with Gasteiger partial charge in [0.25, 0.3) is 0 Å². The molecule has 0 radical (unpaired) electrons. The Morgan fingerprint density at radius 1 is 0.941 bits per heavy atom. The van der Waals surface area contributed by atoms with Crippen LogP contribution in [-0.4, -0.2) is 27.1 Å². The van der Waals surface area contributed by atoms with Crippen molar-refractivity contribution in [1.29, 1.82) is 0 Å². The Morgan fingerprint density at radius 2 is 1.44 bits per heavy atom. The molecular weight excluding hydrogens is 444 g/mol. The molecule has 4 fully saturated rings. The number of hydrogen-bond acceptors (Lipinski definition) is 3. The van der Waals surface area contributed by atoms with E-state index in [1.165, 1.54) is 48.4 Å². The summed E-state index contributed by atoms with van der Waals surface area (Å²) in [6, 6.07) is 12.1. The first kappa shape index (κ1) is 23.4. The fraction of sp³-hybridized carbons (Fsp3) is 0.536. The number of sulfonamides is 1. The topological polar surface area (TPSA) is 66.5 Å². The number of amides is 1. The number of nitrogens with one attached hydrogen (secondary N) is 1. The highest BCUT2D eigenvalue weighted by atomic mass is 32.2. The van der Waals surface area contributed by atoms with Gasteiger partial charge < -0.3 is 5.32 Å². The van der Waals surface area contributed by atoms with Crippen molar-refractivity contribution < 1.29 is 13.2 Å². The van der Waals surface area contributed by atoms with Crippen LogP contribution in [0.1, 0.15) is 60.8 Å². The second-order valence-electron chi connectivity index (χ2n) is 11.3. The molecule has 0 unspecified atom stereocenters. The summed E-state index contributed by atoms with van der Waals surface area (Å²) in [5.41, 5.74) is 5.98. The van der Waals surface area contributed by atoms with Gasteiger partial charge in [0.1, 0.15) is 6.54 Å². The molecule has 2 aromatic rings. The van der Waals surface area contributed by atoms with Crippen molar-refractivity contribution in [3.63, 3.8) is 0 Å². The van der Waals surface area contributed by atoms with Gasteiger partial charge in [0.2, 0.25) is 15.9 Å². The Kier molecular flexibility index (Phi) is 5.78. The van der Waals surface area contributed by atoms with Crippen LogP contribution >= 0.6 is 0 Å². The third-order valence-corrected chi connectivity index (χ3v) is 9.58. The van der Waals surface area contributed by atoms with E-state index in [0.717, 1.165) is 46.4 Å². The van der Waals surface area contributed by atoms with Gasteiger partial charge in [0, 0.05) is 5.69 Å². The third-order valence-electron chi connectivity index (χ3n) is 8.43. The lowest BCUT2D eigenvalue weighted by atomic mass is 9.48. The number of hydrogen-bond donors (Lipinski definition) is 1. The van der Waals surface area contributed by atoms with E-state index in [4.69, 9.17) is 0 Å². The lowest BCUT2D eigenvalue weighted by Crippen LogP contribution is -2.48. The monoisotopic (exact) mass is 480 g/mol. The Morgan fingerprint density at radius 3 is 1.91 bits per heavy atom. The highest BCUT2D eigenvalue weighted by molar-refractivity contribution is 7.92. The predicted molar refractivity (Wildman–Crippen MR) is 138 cm³/mol. The van der Waals surface area contributed by atoms with Gasteiger partial charge in [-0.1, -0.05) is 29.8 Å².